The fourth-order valence-electron chi connectivity index (χ4n) is 2.92. The van der Waals surface area contributed by atoms with E-state index in [9.17, 15) is 13.2 Å². The Morgan fingerprint density at radius 2 is 1.91 bits per heavy atom. The summed E-state index contributed by atoms with van der Waals surface area (Å²) in [4.78, 5) is 11.1. The highest BCUT2D eigenvalue weighted by atomic mass is 32.2. The third-order valence-corrected chi connectivity index (χ3v) is 5.67. The van der Waals surface area contributed by atoms with Crippen LogP contribution in [0.3, 0.4) is 0 Å². The van der Waals surface area contributed by atoms with Crippen molar-refractivity contribution in [1.29, 1.82) is 0 Å². The number of rotatable bonds is 4. The third kappa shape index (κ3) is 2.86. The molecule has 1 aliphatic rings. The lowest BCUT2D eigenvalue weighted by Crippen LogP contribution is -2.38. The molecule has 1 aromatic carbocycles. The summed E-state index contributed by atoms with van der Waals surface area (Å²) in [7, 11) is -3.69. The van der Waals surface area contributed by atoms with Crippen molar-refractivity contribution in [3.8, 4) is 0 Å². The number of hydrogen-bond donors (Lipinski definition) is 2. The molecule has 6 nitrogen and oxygen atoms in total. The van der Waals surface area contributed by atoms with Gasteiger partial charge in [-0.05, 0) is 37.8 Å². The van der Waals surface area contributed by atoms with E-state index >= 15 is 0 Å². The summed E-state index contributed by atoms with van der Waals surface area (Å²) in [6.45, 7) is 0. The van der Waals surface area contributed by atoms with Crippen LogP contribution in [0.4, 0.5) is 0 Å². The number of sulfonamides is 1. The highest BCUT2D eigenvalue weighted by Gasteiger charge is 2.29. The molecule has 0 spiro atoms. The summed E-state index contributed by atoms with van der Waals surface area (Å²) in [6.07, 6.45) is 3.51. The molecule has 0 aliphatic heterocycles. The zero-order valence-corrected chi connectivity index (χ0v) is 12.7. The molecule has 1 aromatic heterocycles. The van der Waals surface area contributed by atoms with Gasteiger partial charge in [0, 0.05) is 11.4 Å². The Balaban J connectivity index is 1.77. The molecule has 2 aromatic rings. The Morgan fingerprint density at radius 3 is 2.59 bits per heavy atom. The molecule has 1 saturated carbocycles. The number of para-hydroxylation sites is 1. The van der Waals surface area contributed by atoms with E-state index in [-0.39, 0.29) is 16.9 Å². The lowest BCUT2D eigenvalue weighted by molar-refractivity contribution is -0.142. The largest absolute Gasteiger partial charge is 0.481 e. The maximum Gasteiger partial charge on any atom is 0.306 e. The van der Waals surface area contributed by atoms with Crippen LogP contribution < -0.4 is 4.72 Å². The van der Waals surface area contributed by atoms with E-state index in [1.807, 2.05) is 0 Å². The average molecular weight is 323 g/mol. The molecule has 0 radical (unpaired) electrons. The molecule has 0 atom stereocenters. The van der Waals surface area contributed by atoms with E-state index < -0.39 is 16.0 Å². The Hall–Kier alpha value is -1.86. The van der Waals surface area contributed by atoms with Crippen LogP contribution in [-0.4, -0.2) is 25.5 Å². The van der Waals surface area contributed by atoms with Crippen molar-refractivity contribution in [2.24, 2.45) is 5.92 Å². The molecule has 1 fully saturated rings. The van der Waals surface area contributed by atoms with Gasteiger partial charge < -0.3 is 9.52 Å². The van der Waals surface area contributed by atoms with Crippen molar-refractivity contribution in [2.75, 3.05) is 0 Å². The molecule has 0 amide bonds. The van der Waals surface area contributed by atoms with Crippen LogP contribution in [0.1, 0.15) is 25.7 Å². The van der Waals surface area contributed by atoms with Crippen LogP contribution >= 0.6 is 0 Å². The Labute approximate surface area is 128 Å². The zero-order valence-electron chi connectivity index (χ0n) is 11.9. The van der Waals surface area contributed by atoms with Crippen LogP contribution in [0.2, 0.25) is 0 Å². The zero-order chi connectivity index (χ0) is 15.7. The molecule has 1 aliphatic carbocycles. The van der Waals surface area contributed by atoms with Gasteiger partial charge in [0.25, 0.3) is 0 Å². The molecular weight excluding hydrogens is 306 g/mol. The normalized spacial score (nSPS) is 22.7. The summed E-state index contributed by atoms with van der Waals surface area (Å²) in [5.74, 6) is -1.17. The van der Waals surface area contributed by atoms with Crippen LogP contribution in [0.5, 0.6) is 0 Å². The van der Waals surface area contributed by atoms with Crippen molar-refractivity contribution >= 4 is 27.0 Å². The SMILES string of the molecule is O=C(O)C1CCC(NS(=O)(=O)c2cccc3ccoc23)CC1. The van der Waals surface area contributed by atoms with Gasteiger partial charge in [-0.15, -0.1) is 0 Å². The first-order valence-electron chi connectivity index (χ1n) is 7.19. The van der Waals surface area contributed by atoms with Crippen LogP contribution in [0.15, 0.2) is 39.8 Å². The second kappa shape index (κ2) is 5.73. The van der Waals surface area contributed by atoms with Gasteiger partial charge in [0.1, 0.15) is 4.90 Å². The molecule has 7 heteroatoms. The molecule has 118 valence electrons. The minimum atomic E-state index is -3.69. The molecular formula is C15H17NO5S. The third-order valence-electron chi connectivity index (χ3n) is 4.13. The summed E-state index contributed by atoms with van der Waals surface area (Å²) in [5, 5.41) is 9.71. The fraction of sp³-hybridized carbons (Fsp3) is 0.400. The average Bonchev–Trinajstić information content (AvgIpc) is 2.95. The first kappa shape index (κ1) is 15.1. The van der Waals surface area contributed by atoms with E-state index in [1.54, 1.807) is 18.2 Å². The number of aliphatic carboxylic acids is 1. The number of carbonyl (C=O) groups is 1. The van der Waals surface area contributed by atoms with Gasteiger partial charge in [-0.1, -0.05) is 12.1 Å². The Bertz CT molecular complexity index is 787. The molecule has 0 unspecified atom stereocenters. The first-order valence-corrected chi connectivity index (χ1v) is 8.67. The van der Waals surface area contributed by atoms with Gasteiger partial charge in [0.05, 0.1) is 12.2 Å². The summed E-state index contributed by atoms with van der Waals surface area (Å²) in [6, 6.07) is 6.46. The smallest absolute Gasteiger partial charge is 0.306 e. The van der Waals surface area contributed by atoms with E-state index in [2.05, 4.69) is 4.72 Å². The van der Waals surface area contributed by atoms with Gasteiger partial charge in [-0.3, -0.25) is 4.79 Å². The quantitative estimate of drug-likeness (QED) is 0.900. The number of furan rings is 1. The van der Waals surface area contributed by atoms with Crippen LogP contribution in [0.25, 0.3) is 11.0 Å². The highest BCUT2D eigenvalue weighted by Crippen LogP contribution is 2.28. The number of benzene rings is 1. The van der Waals surface area contributed by atoms with E-state index in [4.69, 9.17) is 9.52 Å². The number of fused-ring (bicyclic) bond motifs is 1. The molecule has 0 saturated heterocycles. The van der Waals surface area contributed by atoms with Crippen molar-refractivity contribution in [3.05, 3.63) is 30.5 Å². The summed E-state index contributed by atoms with van der Waals surface area (Å²) < 4.78 is 33.0. The lowest BCUT2D eigenvalue weighted by atomic mass is 9.87. The van der Waals surface area contributed by atoms with Crippen molar-refractivity contribution in [2.45, 2.75) is 36.6 Å². The molecule has 2 N–H and O–H groups in total. The van der Waals surface area contributed by atoms with E-state index in [0.29, 0.717) is 31.3 Å². The van der Waals surface area contributed by atoms with Gasteiger partial charge in [0.15, 0.2) is 5.58 Å². The lowest BCUT2D eigenvalue weighted by Gasteiger charge is -2.26. The number of carboxylic acids is 1. The maximum atomic E-state index is 12.5. The van der Waals surface area contributed by atoms with E-state index in [1.165, 1.54) is 12.3 Å². The predicted molar refractivity (Wildman–Crippen MR) is 79.9 cm³/mol. The molecule has 1 heterocycles. The summed E-state index contributed by atoms with van der Waals surface area (Å²) >= 11 is 0. The number of hydrogen-bond acceptors (Lipinski definition) is 4. The standard InChI is InChI=1S/C15H17NO5S/c17-15(18)11-4-6-12(7-5-11)16-22(19,20)13-3-1-2-10-8-9-21-14(10)13/h1-3,8-9,11-12,16H,4-7H2,(H,17,18). The van der Waals surface area contributed by atoms with Gasteiger partial charge in [0.2, 0.25) is 10.0 Å². The van der Waals surface area contributed by atoms with Crippen molar-refractivity contribution in [3.63, 3.8) is 0 Å². The van der Waals surface area contributed by atoms with E-state index in [0.717, 1.165) is 5.39 Å². The molecule has 22 heavy (non-hydrogen) atoms. The minimum absolute atomic E-state index is 0.121. The predicted octanol–water partition coefficient (Wildman–Crippen LogP) is 2.35. The second-order valence-electron chi connectivity index (χ2n) is 5.60. The molecule has 3 rings (SSSR count). The maximum absolute atomic E-state index is 12.5. The number of carboxylic acid groups (broad SMARTS) is 1. The van der Waals surface area contributed by atoms with Gasteiger partial charge in [-0.25, -0.2) is 13.1 Å². The fourth-order valence-corrected chi connectivity index (χ4v) is 4.39. The van der Waals surface area contributed by atoms with Gasteiger partial charge >= 0.3 is 5.97 Å². The topological polar surface area (TPSA) is 96.6 Å². The minimum Gasteiger partial charge on any atom is -0.481 e. The van der Waals surface area contributed by atoms with Crippen LogP contribution in [-0.2, 0) is 14.8 Å². The van der Waals surface area contributed by atoms with Crippen molar-refractivity contribution in [1.82, 2.24) is 4.72 Å². The second-order valence-corrected chi connectivity index (χ2v) is 7.29. The Kier molecular flexibility index (Phi) is 3.92. The Morgan fingerprint density at radius 1 is 1.18 bits per heavy atom. The molecule has 0 bridgehead atoms. The highest BCUT2D eigenvalue weighted by molar-refractivity contribution is 7.89. The first-order chi connectivity index (χ1) is 10.5. The van der Waals surface area contributed by atoms with Gasteiger partial charge in [-0.2, -0.15) is 0 Å². The van der Waals surface area contributed by atoms with Crippen LogP contribution in [0, 0.1) is 5.92 Å². The van der Waals surface area contributed by atoms with Crippen molar-refractivity contribution < 1.29 is 22.7 Å². The number of nitrogens with one attached hydrogen (secondary N) is 1. The summed E-state index contributed by atoms with van der Waals surface area (Å²) in [5.41, 5.74) is 0.342. The monoisotopic (exact) mass is 323 g/mol.